The molecule has 0 aliphatic carbocycles. The second-order valence-corrected chi connectivity index (χ2v) is 5.08. The van der Waals surface area contributed by atoms with Crippen LogP contribution in [0.15, 0.2) is 0 Å². The molecule has 0 N–H and O–H groups in total. The summed E-state index contributed by atoms with van der Waals surface area (Å²) in [6.07, 6.45) is 0. The van der Waals surface area contributed by atoms with E-state index in [-0.39, 0.29) is 10.7 Å². The van der Waals surface area contributed by atoms with E-state index in [0.29, 0.717) is 5.33 Å². The Morgan fingerprint density at radius 1 is 1.44 bits per heavy atom. The van der Waals surface area contributed by atoms with Crippen molar-refractivity contribution in [1.82, 2.24) is 0 Å². The first kappa shape index (κ1) is 10.8. The van der Waals surface area contributed by atoms with Crippen molar-refractivity contribution in [2.75, 3.05) is 11.2 Å². The minimum atomic E-state index is -0.870. The molecular weight excluding hydrogens is 314 g/mol. The molecule has 0 aromatic carbocycles. The van der Waals surface area contributed by atoms with Crippen molar-refractivity contribution < 1.29 is 0 Å². The quantitative estimate of drug-likeness (QED) is 0.698. The van der Waals surface area contributed by atoms with E-state index in [2.05, 4.69) is 31.9 Å². The normalized spacial score (nSPS) is 15.7. The third-order valence-corrected chi connectivity index (χ3v) is 5.41. The molecule has 0 aliphatic rings. The van der Waals surface area contributed by atoms with Gasteiger partial charge in [-0.25, -0.2) is 0 Å². The third kappa shape index (κ3) is 3.66. The topological polar surface area (TPSA) is 0 Å². The SMILES string of the molecule is ClCC(Cl)(Cl)C(Br)CBr. The Balaban J connectivity index is 3.80. The highest BCUT2D eigenvalue weighted by Gasteiger charge is 2.30. The zero-order valence-corrected chi connectivity index (χ0v) is 9.82. The first-order valence-electron chi connectivity index (χ1n) is 2.18. The van der Waals surface area contributed by atoms with E-state index >= 15 is 0 Å². The summed E-state index contributed by atoms with van der Waals surface area (Å²) in [7, 11) is 0. The van der Waals surface area contributed by atoms with Crippen LogP contribution in [0.1, 0.15) is 0 Å². The molecule has 0 bridgehead atoms. The molecule has 1 atom stereocenters. The molecule has 0 aromatic rings. The average Bonchev–Trinajstić information content (AvgIpc) is 1.86. The van der Waals surface area contributed by atoms with E-state index in [1.165, 1.54) is 0 Å². The number of rotatable bonds is 3. The first-order chi connectivity index (χ1) is 4.04. The smallest absolute Gasteiger partial charge is 0.123 e. The largest absolute Gasteiger partial charge is 0.144 e. The van der Waals surface area contributed by atoms with Gasteiger partial charge in [-0.3, -0.25) is 0 Å². The lowest BCUT2D eigenvalue weighted by atomic mass is 10.4. The highest BCUT2D eigenvalue weighted by atomic mass is 79.9. The summed E-state index contributed by atoms with van der Waals surface area (Å²) in [5, 5.41) is 0.687. The van der Waals surface area contributed by atoms with Gasteiger partial charge in [0.1, 0.15) is 4.33 Å². The highest BCUT2D eigenvalue weighted by Crippen LogP contribution is 2.32. The van der Waals surface area contributed by atoms with Crippen LogP contribution in [-0.2, 0) is 0 Å². The maximum atomic E-state index is 5.73. The summed E-state index contributed by atoms with van der Waals surface area (Å²) in [5.41, 5.74) is 0. The van der Waals surface area contributed by atoms with Gasteiger partial charge in [0.05, 0.1) is 10.7 Å². The van der Waals surface area contributed by atoms with Crippen LogP contribution in [0.5, 0.6) is 0 Å². The molecule has 0 nitrogen and oxygen atoms in total. The van der Waals surface area contributed by atoms with Gasteiger partial charge in [-0.15, -0.1) is 11.6 Å². The van der Waals surface area contributed by atoms with Gasteiger partial charge in [-0.2, -0.15) is 0 Å². The van der Waals surface area contributed by atoms with Crippen LogP contribution in [-0.4, -0.2) is 20.4 Å². The summed E-state index contributed by atoms with van der Waals surface area (Å²) in [5.74, 6) is 0.220. The first-order valence-corrected chi connectivity index (χ1v) is 5.51. The van der Waals surface area contributed by atoms with Gasteiger partial charge in [-0.05, 0) is 0 Å². The van der Waals surface area contributed by atoms with Crippen LogP contribution in [0.3, 0.4) is 0 Å². The Bertz CT molecular complexity index is 85.9. The number of hydrogen-bond donors (Lipinski definition) is 0. The van der Waals surface area contributed by atoms with Crippen LogP contribution in [0, 0.1) is 0 Å². The molecule has 0 fully saturated rings. The van der Waals surface area contributed by atoms with Crippen LogP contribution < -0.4 is 0 Å². The summed E-state index contributed by atoms with van der Waals surface area (Å²) >= 11 is 23.4. The van der Waals surface area contributed by atoms with Crippen molar-refractivity contribution in [3.05, 3.63) is 0 Å². The Kier molecular flexibility index (Phi) is 5.60. The molecular formula is C4H5Br2Cl3. The van der Waals surface area contributed by atoms with Crippen molar-refractivity contribution in [3.8, 4) is 0 Å². The van der Waals surface area contributed by atoms with Gasteiger partial charge >= 0.3 is 0 Å². The van der Waals surface area contributed by atoms with E-state index in [0.717, 1.165) is 0 Å². The van der Waals surface area contributed by atoms with Crippen LogP contribution in [0.2, 0.25) is 0 Å². The molecule has 9 heavy (non-hydrogen) atoms. The lowest BCUT2D eigenvalue weighted by Crippen LogP contribution is -2.29. The lowest BCUT2D eigenvalue weighted by Gasteiger charge is -2.20. The molecule has 0 saturated carbocycles. The van der Waals surface area contributed by atoms with Gasteiger partial charge in [-0.1, -0.05) is 55.1 Å². The average molecular weight is 319 g/mol. The zero-order chi connectivity index (χ0) is 7.49. The van der Waals surface area contributed by atoms with Crippen molar-refractivity contribution in [1.29, 1.82) is 0 Å². The van der Waals surface area contributed by atoms with Crippen molar-refractivity contribution in [2.45, 2.75) is 9.16 Å². The molecule has 0 aliphatic heterocycles. The fourth-order valence-electron chi connectivity index (χ4n) is 0.197. The van der Waals surface area contributed by atoms with Gasteiger partial charge < -0.3 is 0 Å². The summed E-state index contributed by atoms with van der Waals surface area (Å²) in [6, 6.07) is 0. The van der Waals surface area contributed by atoms with Crippen LogP contribution >= 0.6 is 66.7 Å². The van der Waals surface area contributed by atoms with E-state index < -0.39 is 4.33 Å². The minimum absolute atomic E-state index is 0.00849. The Morgan fingerprint density at radius 3 is 2.00 bits per heavy atom. The minimum Gasteiger partial charge on any atom is -0.123 e. The maximum Gasteiger partial charge on any atom is 0.144 e. The van der Waals surface area contributed by atoms with E-state index in [9.17, 15) is 0 Å². The van der Waals surface area contributed by atoms with Crippen LogP contribution in [0.25, 0.3) is 0 Å². The fourth-order valence-corrected chi connectivity index (χ4v) is 1.81. The standard InChI is InChI=1S/C4H5Br2Cl3/c5-1-3(6)4(8,9)2-7/h3H,1-2H2. The summed E-state index contributed by atoms with van der Waals surface area (Å²) in [6.45, 7) is 0. The lowest BCUT2D eigenvalue weighted by molar-refractivity contribution is 0.875. The maximum absolute atomic E-state index is 5.73. The molecule has 5 heteroatoms. The van der Waals surface area contributed by atoms with E-state index in [1.807, 2.05) is 0 Å². The molecule has 0 amide bonds. The van der Waals surface area contributed by atoms with E-state index in [4.69, 9.17) is 34.8 Å². The second kappa shape index (κ2) is 4.66. The molecule has 1 unspecified atom stereocenters. The fraction of sp³-hybridized carbons (Fsp3) is 1.00. The predicted octanol–water partition coefficient (Wildman–Crippen LogP) is 3.56. The zero-order valence-electron chi connectivity index (χ0n) is 4.38. The number of alkyl halides is 5. The highest BCUT2D eigenvalue weighted by molar-refractivity contribution is 9.12. The monoisotopic (exact) mass is 316 g/mol. The number of halogens is 5. The third-order valence-electron chi connectivity index (χ3n) is 0.772. The molecule has 56 valence electrons. The molecule has 0 rings (SSSR count). The second-order valence-electron chi connectivity index (χ2n) is 1.52. The summed E-state index contributed by atoms with van der Waals surface area (Å²) in [4.78, 5) is -0.00849. The van der Waals surface area contributed by atoms with Gasteiger partial charge in [0.25, 0.3) is 0 Å². The Morgan fingerprint density at radius 2 is 1.89 bits per heavy atom. The molecule has 0 radical (unpaired) electrons. The van der Waals surface area contributed by atoms with E-state index in [1.54, 1.807) is 0 Å². The Hall–Kier alpha value is 1.83. The van der Waals surface area contributed by atoms with Crippen molar-refractivity contribution >= 4 is 66.7 Å². The molecule has 0 saturated heterocycles. The Labute approximate surface area is 86.5 Å². The predicted molar refractivity (Wildman–Crippen MR) is 51.7 cm³/mol. The van der Waals surface area contributed by atoms with Crippen molar-refractivity contribution in [3.63, 3.8) is 0 Å². The molecule has 0 heterocycles. The van der Waals surface area contributed by atoms with Crippen LogP contribution in [0.4, 0.5) is 0 Å². The van der Waals surface area contributed by atoms with Crippen molar-refractivity contribution in [2.24, 2.45) is 0 Å². The summed E-state index contributed by atoms with van der Waals surface area (Å²) < 4.78 is -0.870. The number of hydrogen-bond acceptors (Lipinski definition) is 0. The van der Waals surface area contributed by atoms with Gasteiger partial charge in [0.15, 0.2) is 0 Å². The van der Waals surface area contributed by atoms with Gasteiger partial charge in [0.2, 0.25) is 0 Å². The van der Waals surface area contributed by atoms with Gasteiger partial charge in [0, 0.05) is 5.33 Å². The molecule has 0 aromatic heterocycles. The molecule has 0 spiro atoms.